The molecule has 1 heterocycles. The Morgan fingerprint density at radius 2 is 1.56 bits per heavy atom. The van der Waals surface area contributed by atoms with E-state index in [1.54, 1.807) is 61.7 Å². The van der Waals surface area contributed by atoms with E-state index in [1.165, 1.54) is 30.4 Å². The van der Waals surface area contributed by atoms with Crippen LogP contribution in [0.1, 0.15) is 49.4 Å². The molecule has 0 N–H and O–H groups in total. The highest BCUT2D eigenvalue weighted by Crippen LogP contribution is 2.30. The summed E-state index contributed by atoms with van der Waals surface area (Å²) in [4.78, 5) is 29.8. The number of aromatic nitrogens is 1. The molecule has 0 aliphatic heterocycles. The summed E-state index contributed by atoms with van der Waals surface area (Å²) < 4.78 is 40.8. The standard InChI is InChI=1S/C33H35BrF2N2O4S/c1-4-37(24-15-22(35)14-23(36)16-24)33(40)30-21-38(25-17-26(41-2)19-27(18-25)42-3)31-20-28(10-11-29(31)32(30)39)43-13-9-7-5-6-8-12-34/h10-11,14-21H,4-9,12-13H2,1-3H3. The molecule has 0 saturated carbocycles. The maximum atomic E-state index is 14.1. The number of anilines is 1. The van der Waals surface area contributed by atoms with Crippen molar-refractivity contribution in [1.29, 1.82) is 0 Å². The Hall–Kier alpha value is -3.37. The minimum Gasteiger partial charge on any atom is -0.497 e. The normalized spacial score (nSPS) is 11.1. The van der Waals surface area contributed by atoms with Gasteiger partial charge in [-0.25, -0.2) is 8.78 Å². The van der Waals surface area contributed by atoms with Gasteiger partial charge in [0.1, 0.15) is 28.7 Å². The van der Waals surface area contributed by atoms with Gasteiger partial charge in [-0.1, -0.05) is 35.2 Å². The summed E-state index contributed by atoms with van der Waals surface area (Å²) in [5.41, 5.74) is 0.649. The number of carbonyl (C=O) groups excluding carboxylic acids is 1. The maximum Gasteiger partial charge on any atom is 0.263 e. The minimum absolute atomic E-state index is 0.0260. The zero-order valence-corrected chi connectivity index (χ0v) is 26.9. The van der Waals surface area contributed by atoms with E-state index in [2.05, 4.69) is 15.9 Å². The number of pyridine rings is 1. The smallest absolute Gasteiger partial charge is 0.263 e. The number of methoxy groups -OCH3 is 2. The second-order valence-electron chi connectivity index (χ2n) is 9.97. The number of ether oxygens (including phenoxy) is 2. The SMILES string of the molecule is CCN(C(=O)c1cn(-c2cc(OC)cc(OC)c2)c2cc(SCCCCCCCBr)ccc2c1=O)c1cc(F)cc(F)c1. The molecule has 1 amide bonds. The number of benzene rings is 3. The highest BCUT2D eigenvalue weighted by atomic mass is 79.9. The van der Waals surface area contributed by atoms with Crippen LogP contribution in [0.25, 0.3) is 16.6 Å². The van der Waals surface area contributed by atoms with Gasteiger partial charge in [0.2, 0.25) is 5.43 Å². The summed E-state index contributed by atoms with van der Waals surface area (Å²) >= 11 is 5.20. The molecule has 0 aliphatic carbocycles. The molecular weight excluding hydrogens is 638 g/mol. The third-order valence-electron chi connectivity index (χ3n) is 7.09. The van der Waals surface area contributed by atoms with Crippen molar-refractivity contribution in [3.63, 3.8) is 0 Å². The molecule has 10 heteroatoms. The average molecular weight is 674 g/mol. The van der Waals surface area contributed by atoms with Crippen LogP contribution in [0.15, 0.2) is 70.5 Å². The number of alkyl halides is 1. The van der Waals surface area contributed by atoms with Crippen LogP contribution >= 0.6 is 27.7 Å². The van der Waals surface area contributed by atoms with Gasteiger partial charge < -0.3 is 18.9 Å². The Morgan fingerprint density at radius 3 is 2.19 bits per heavy atom. The van der Waals surface area contributed by atoms with Gasteiger partial charge in [-0.2, -0.15) is 0 Å². The topological polar surface area (TPSA) is 60.8 Å². The molecule has 4 rings (SSSR count). The lowest BCUT2D eigenvalue weighted by Gasteiger charge is -2.22. The molecule has 6 nitrogen and oxygen atoms in total. The summed E-state index contributed by atoms with van der Waals surface area (Å²) in [6, 6.07) is 13.8. The lowest BCUT2D eigenvalue weighted by atomic mass is 10.1. The number of hydrogen-bond acceptors (Lipinski definition) is 5. The fraction of sp³-hybridized carbons (Fsp3) is 0.333. The van der Waals surface area contributed by atoms with Crippen LogP contribution in [-0.4, -0.2) is 42.3 Å². The van der Waals surface area contributed by atoms with E-state index in [0.717, 1.165) is 47.0 Å². The summed E-state index contributed by atoms with van der Waals surface area (Å²) in [5.74, 6) is -0.283. The minimum atomic E-state index is -0.815. The molecule has 4 aromatic rings. The van der Waals surface area contributed by atoms with E-state index in [1.807, 2.05) is 12.1 Å². The number of nitrogens with zero attached hydrogens (tertiary/aromatic N) is 2. The van der Waals surface area contributed by atoms with Crippen molar-refractivity contribution < 1.29 is 23.0 Å². The summed E-state index contributed by atoms with van der Waals surface area (Å²) in [6.45, 7) is 1.77. The van der Waals surface area contributed by atoms with E-state index in [-0.39, 0.29) is 17.8 Å². The Balaban J connectivity index is 1.80. The van der Waals surface area contributed by atoms with Gasteiger partial charge in [0, 0.05) is 58.3 Å². The van der Waals surface area contributed by atoms with Crippen LogP contribution in [0.3, 0.4) is 0 Å². The van der Waals surface area contributed by atoms with Gasteiger partial charge >= 0.3 is 0 Å². The van der Waals surface area contributed by atoms with Gasteiger partial charge in [-0.05, 0) is 55.9 Å². The third kappa shape index (κ3) is 7.97. The van der Waals surface area contributed by atoms with Gasteiger partial charge in [0.05, 0.1) is 25.4 Å². The molecule has 1 aromatic heterocycles. The highest BCUT2D eigenvalue weighted by molar-refractivity contribution is 9.09. The molecule has 0 fully saturated rings. The zero-order valence-electron chi connectivity index (χ0n) is 24.5. The van der Waals surface area contributed by atoms with Crippen molar-refractivity contribution in [3.8, 4) is 17.2 Å². The number of unbranched alkanes of at least 4 members (excludes halogenated alkanes) is 4. The number of hydrogen-bond donors (Lipinski definition) is 0. The van der Waals surface area contributed by atoms with E-state index < -0.39 is 23.0 Å². The van der Waals surface area contributed by atoms with Gasteiger partial charge in [0.15, 0.2) is 0 Å². The first-order valence-corrected chi connectivity index (χ1v) is 16.3. The number of amides is 1. The Morgan fingerprint density at radius 1 is 0.907 bits per heavy atom. The zero-order chi connectivity index (χ0) is 30.9. The molecule has 228 valence electrons. The molecule has 43 heavy (non-hydrogen) atoms. The number of carbonyl (C=O) groups is 1. The molecule has 0 aliphatic rings. The number of thioether (sulfide) groups is 1. The van der Waals surface area contributed by atoms with Crippen LogP contribution in [0.5, 0.6) is 11.5 Å². The molecule has 0 atom stereocenters. The third-order valence-corrected chi connectivity index (χ3v) is 8.73. The van der Waals surface area contributed by atoms with Crippen molar-refractivity contribution in [1.82, 2.24) is 4.57 Å². The maximum absolute atomic E-state index is 14.1. The van der Waals surface area contributed by atoms with E-state index >= 15 is 0 Å². The van der Waals surface area contributed by atoms with Gasteiger partial charge in [-0.15, -0.1) is 11.8 Å². The summed E-state index contributed by atoms with van der Waals surface area (Å²) in [5, 5.41) is 1.38. The Bertz CT molecular complexity index is 1600. The van der Waals surface area contributed by atoms with Crippen molar-refractivity contribution in [2.45, 2.75) is 43.9 Å². The molecule has 0 bridgehead atoms. The van der Waals surface area contributed by atoms with Gasteiger partial charge in [0.25, 0.3) is 5.91 Å². The van der Waals surface area contributed by atoms with Crippen LogP contribution in [0, 0.1) is 11.6 Å². The monoisotopic (exact) mass is 672 g/mol. The molecular formula is C33H35BrF2N2O4S. The lowest BCUT2D eigenvalue weighted by molar-refractivity contribution is 0.0987. The first-order chi connectivity index (χ1) is 20.8. The van der Waals surface area contributed by atoms with E-state index in [4.69, 9.17) is 9.47 Å². The predicted molar refractivity (Wildman–Crippen MR) is 174 cm³/mol. The number of fused-ring (bicyclic) bond motifs is 1. The number of halogens is 3. The second-order valence-corrected chi connectivity index (χ2v) is 11.9. The summed E-state index contributed by atoms with van der Waals surface area (Å²) in [7, 11) is 3.09. The largest absolute Gasteiger partial charge is 0.497 e. The first-order valence-electron chi connectivity index (χ1n) is 14.2. The van der Waals surface area contributed by atoms with Crippen molar-refractivity contribution in [2.24, 2.45) is 0 Å². The molecule has 3 aromatic carbocycles. The van der Waals surface area contributed by atoms with E-state index in [0.29, 0.717) is 28.1 Å². The van der Waals surface area contributed by atoms with Crippen LogP contribution in [0.4, 0.5) is 14.5 Å². The van der Waals surface area contributed by atoms with Crippen molar-refractivity contribution in [2.75, 3.05) is 36.7 Å². The van der Waals surface area contributed by atoms with Crippen LogP contribution in [0.2, 0.25) is 0 Å². The average Bonchev–Trinajstić information content (AvgIpc) is 3.00. The van der Waals surface area contributed by atoms with Crippen molar-refractivity contribution >= 4 is 50.2 Å². The highest BCUT2D eigenvalue weighted by Gasteiger charge is 2.23. The molecule has 0 unspecified atom stereocenters. The molecule has 0 radical (unpaired) electrons. The van der Waals surface area contributed by atoms with Gasteiger partial charge in [-0.3, -0.25) is 9.59 Å². The fourth-order valence-corrected chi connectivity index (χ4v) is 6.23. The van der Waals surface area contributed by atoms with E-state index in [9.17, 15) is 18.4 Å². The lowest BCUT2D eigenvalue weighted by Crippen LogP contribution is -2.35. The van der Waals surface area contributed by atoms with Crippen molar-refractivity contribution in [3.05, 3.63) is 88.2 Å². The van der Waals surface area contributed by atoms with Crippen LogP contribution < -0.4 is 19.8 Å². The Labute approximate surface area is 263 Å². The molecule has 0 spiro atoms. The molecule has 0 saturated heterocycles. The Kier molecular flexibility index (Phi) is 11.6. The quantitative estimate of drug-likeness (QED) is 0.0765. The predicted octanol–water partition coefficient (Wildman–Crippen LogP) is 8.39. The first kappa shape index (κ1) is 32.5. The second kappa shape index (κ2) is 15.4. The number of rotatable bonds is 14. The van der Waals surface area contributed by atoms with Crippen LogP contribution in [-0.2, 0) is 0 Å². The summed E-state index contributed by atoms with van der Waals surface area (Å²) in [6.07, 6.45) is 7.34. The fourth-order valence-electron chi connectivity index (χ4n) is 4.89.